The molecule has 0 amide bonds. The van der Waals surface area contributed by atoms with E-state index in [1.165, 1.54) is 18.4 Å². The van der Waals surface area contributed by atoms with E-state index in [0.29, 0.717) is 6.04 Å². The zero-order chi connectivity index (χ0) is 14.7. The van der Waals surface area contributed by atoms with Crippen molar-refractivity contribution in [1.29, 1.82) is 0 Å². The van der Waals surface area contributed by atoms with Crippen molar-refractivity contribution >= 4 is 5.69 Å². The fourth-order valence-electron chi connectivity index (χ4n) is 2.63. The van der Waals surface area contributed by atoms with Crippen molar-refractivity contribution in [2.75, 3.05) is 12.8 Å². The van der Waals surface area contributed by atoms with Crippen LogP contribution in [0, 0.1) is 0 Å². The minimum absolute atomic E-state index is 0.663. The third kappa shape index (κ3) is 3.52. The van der Waals surface area contributed by atoms with E-state index >= 15 is 0 Å². The molecule has 1 aromatic heterocycles. The molecule has 1 aliphatic rings. The van der Waals surface area contributed by atoms with Gasteiger partial charge in [-0.1, -0.05) is 18.2 Å². The van der Waals surface area contributed by atoms with Crippen LogP contribution in [-0.2, 0) is 13.1 Å². The van der Waals surface area contributed by atoms with Gasteiger partial charge in [0.1, 0.15) is 0 Å². The second-order valence-electron chi connectivity index (χ2n) is 5.55. The molecule has 0 unspecified atom stereocenters. The maximum absolute atomic E-state index is 5.88. The molecule has 1 fully saturated rings. The van der Waals surface area contributed by atoms with Crippen molar-refractivity contribution in [3.05, 3.63) is 53.7 Å². The predicted octanol–water partition coefficient (Wildman–Crippen LogP) is 2.84. The molecule has 4 heteroatoms. The number of rotatable bonds is 6. The Morgan fingerprint density at radius 3 is 2.81 bits per heavy atom. The first-order valence-electron chi connectivity index (χ1n) is 7.32. The molecule has 0 bridgehead atoms. The molecule has 3 rings (SSSR count). The Morgan fingerprint density at radius 2 is 2.10 bits per heavy atom. The lowest BCUT2D eigenvalue weighted by Gasteiger charge is -2.23. The average Bonchev–Trinajstić information content (AvgIpc) is 3.32. The first-order valence-corrected chi connectivity index (χ1v) is 7.32. The van der Waals surface area contributed by atoms with Crippen LogP contribution in [0.25, 0.3) is 0 Å². The summed E-state index contributed by atoms with van der Waals surface area (Å²) in [5.74, 6) is 0.718. The number of aromatic nitrogens is 1. The second kappa shape index (κ2) is 6.14. The van der Waals surface area contributed by atoms with Gasteiger partial charge in [-0.2, -0.15) is 0 Å². The van der Waals surface area contributed by atoms with Crippen molar-refractivity contribution in [2.24, 2.45) is 0 Å². The number of anilines is 1. The van der Waals surface area contributed by atoms with Crippen molar-refractivity contribution < 1.29 is 4.74 Å². The van der Waals surface area contributed by atoms with Crippen LogP contribution in [0.3, 0.4) is 0 Å². The van der Waals surface area contributed by atoms with E-state index in [9.17, 15) is 0 Å². The largest absolute Gasteiger partial charge is 0.481 e. The van der Waals surface area contributed by atoms with Gasteiger partial charge in [0.2, 0.25) is 5.88 Å². The lowest BCUT2D eigenvalue weighted by molar-refractivity contribution is 0.240. The monoisotopic (exact) mass is 283 g/mol. The number of nitrogens with zero attached hydrogens (tertiary/aromatic N) is 2. The Morgan fingerprint density at radius 1 is 1.24 bits per heavy atom. The molecule has 0 aliphatic heterocycles. The quantitative estimate of drug-likeness (QED) is 0.828. The highest BCUT2D eigenvalue weighted by Crippen LogP contribution is 2.31. The predicted molar refractivity (Wildman–Crippen MR) is 83.9 cm³/mol. The van der Waals surface area contributed by atoms with Gasteiger partial charge in [-0.25, -0.2) is 4.98 Å². The van der Waals surface area contributed by atoms with Crippen LogP contribution < -0.4 is 10.5 Å². The zero-order valence-corrected chi connectivity index (χ0v) is 12.3. The summed E-state index contributed by atoms with van der Waals surface area (Å²) in [6.45, 7) is 1.77. The van der Waals surface area contributed by atoms with E-state index in [2.05, 4.69) is 28.1 Å². The standard InChI is InChI=1S/C17H21N3O/c1-21-17-14(5-3-9-19-17)12-20(16-7-8-16)11-13-4-2-6-15(18)10-13/h2-6,9-10,16H,7-8,11-12,18H2,1H3. The van der Waals surface area contributed by atoms with E-state index < -0.39 is 0 Å². The highest BCUT2D eigenvalue weighted by atomic mass is 16.5. The van der Waals surface area contributed by atoms with Crippen LogP contribution in [0.5, 0.6) is 5.88 Å². The third-order valence-corrected chi connectivity index (χ3v) is 3.82. The molecular formula is C17H21N3O. The topological polar surface area (TPSA) is 51.4 Å². The second-order valence-corrected chi connectivity index (χ2v) is 5.55. The number of nitrogen functional groups attached to an aromatic ring is 1. The molecule has 1 heterocycles. The zero-order valence-electron chi connectivity index (χ0n) is 12.3. The fraction of sp³-hybridized carbons (Fsp3) is 0.353. The lowest BCUT2D eigenvalue weighted by Crippen LogP contribution is -2.25. The fourth-order valence-corrected chi connectivity index (χ4v) is 2.63. The third-order valence-electron chi connectivity index (χ3n) is 3.82. The SMILES string of the molecule is COc1ncccc1CN(Cc1cccc(N)c1)C1CC1. The Bertz CT molecular complexity index is 610. The highest BCUT2D eigenvalue weighted by molar-refractivity contribution is 5.40. The molecule has 1 saturated carbocycles. The van der Waals surface area contributed by atoms with Gasteiger partial charge in [0.15, 0.2) is 0 Å². The van der Waals surface area contributed by atoms with Crippen LogP contribution in [0.15, 0.2) is 42.6 Å². The molecule has 110 valence electrons. The van der Waals surface area contributed by atoms with Crippen LogP contribution >= 0.6 is 0 Å². The molecule has 1 aliphatic carbocycles. The van der Waals surface area contributed by atoms with Crippen LogP contribution in [-0.4, -0.2) is 23.0 Å². The molecule has 2 aromatic rings. The van der Waals surface area contributed by atoms with Gasteiger partial charge in [-0.05, 0) is 36.6 Å². The summed E-state index contributed by atoms with van der Waals surface area (Å²) in [6.07, 6.45) is 4.30. The normalized spacial score (nSPS) is 14.4. The van der Waals surface area contributed by atoms with E-state index in [4.69, 9.17) is 10.5 Å². The van der Waals surface area contributed by atoms with Gasteiger partial charge in [0, 0.05) is 36.6 Å². The van der Waals surface area contributed by atoms with Gasteiger partial charge >= 0.3 is 0 Å². The number of hydrogen-bond donors (Lipinski definition) is 1. The van der Waals surface area contributed by atoms with Crippen LogP contribution in [0.4, 0.5) is 5.69 Å². The summed E-state index contributed by atoms with van der Waals surface area (Å²) in [6, 6.07) is 12.8. The van der Waals surface area contributed by atoms with Crippen LogP contribution in [0.1, 0.15) is 24.0 Å². The first-order chi connectivity index (χ1) is 10.3. The molecule has 0 spiro atoms. The Labute approximate surface area is 125 Å². The summed E-state index contributed by atoms with van der Waals surface area (Å²) in [7, 11) is 1.67. The van der Waals surface area contributed by atoms with Gasteiger partial charge in [-0.3, -0.25) is 4.90 Å². The van der Waals surface area contributed by atoms with E-state index in [0.717, 1.165) is 30.2 Å². The van der Waals surface area contributed by atoms with Crippen LogP contribution in [0.2, 0.25) is 0 Å². The summed E-state index contributed by atoms with van der Waals surface area (Å²) >= 11 is 0. The minimum Gasteiger partial charge on any atom is -0.481 e. The molecule has 0 radical (unpaired) electrons. The molecule has 4 nitrogen and oxygen atoms in total. The van der Waals surface area contributed by atoms with Crippen molar-refractivity contribution in [3.8, 4) is 5.88 Å². The number of benzene rings is 1. The number of ether oxygens (including phenoxy) is 1. The van der Waals surface area contributed by atoms with Gasteiger partial charge in [0.05, 0.1) is 7.11 Å². The maximum atomic E-state index is 5.88. The Kier molecular flexibility index (Phi) is 4.06. The number of nitrogens with two attached hydrogens (primary N) is 1. The molecule has 2 N–H and O–H groups in total. The lowest BCUT2D eigenvalue weighted by atomic mass is 10.1. The highest BCUT2D eigenvalue weighted by Gasteiger charge is 2.29. The van der Waals surface area contributed by atoms with E-state index in [1.54, 1.807) is 13.3 Å². The smallest absolute Gasteiger partial charge is 0.217 e. The molecule has 1 aromatic carbocycles. The van der Waals surface area contributed by atoms with Crippen molar-refractivity contribution in [2.45, 2.75) is 32.0 Å². The minimum atomic E-state index is 0.663. The van der Waals surface area contributed by atoms with E-state index in [-0.39, 0.29) is 0 Å². The summed E-state index contributed by atoms with van der Waals surface area (Å²) in [5.41, 5.74) is 9.09. The van der Waals surface area contributed by atoms with Crippen molar-refractivity contribution in [3.63, 3.8) is 0 Å². The maximum Gasteiger partial charge on any atom is 0.217 e. The summed E-state index contributed by atoms with van der Waals surface area (Å²) in [4.78, 5) is 6.76. The van der Waals surface area contributed by atoms with E-state index in [1.807, 2.05) is 18.2 Å². The number of pyridine rings is 1. The molecule has 0 saturated heterocycles. The molecule has 0 atom stereocenters. The number of methoxy groups -OCH3 is 1. The number of hydrogen-bond acceptors (Lipinski definition) is 4. The average molecular weight is 283 g/mol. The van der Waals surface area contributed by atoms with Crippen molar-refractivity contribution in [1.82, 2.24) is 9.88 Å². The van der Waals surface area contributed by atoms with Gasteiger partial charge < -0.3 is 10.5 Å². The first kappa shape index (κ1) is 13.9. The Balaban J connectivity index is 1.76. The summed E-state index contributed by atoms with van der Waals surface area (Å²) < 4.78 is 5.36. The van der Waals surface area contributed by atoms with Gasteiger partial charge in [-0.15, -0.1) is 0 Å². The molecule has 21 heavy (non-hydrogen) atoms. The summed E-state index contributed by atoms with van der Waals surface area (Å²) in [5, 5.41) is 0. The van der Waals surface area contributed by atoms with Gasteiger partial charge in [0.25, 0.3) is 0 Å². The Hall–Kier alpha value is -2.07. The molecular weight excluding hydrogens is 262 g/mol.